The lowest BCUT2D eigenvalue weighted by Gasteiger charge is -2.12. The van der Waals surface area contributed by atoms with E-state index in [1.807, 2.05) is 0 Å². The molecule has 0 aromatic rings. The summed E-state index contributed by atoms with van der Waals surface area (Å²) >= 11 is 0. The molecule has 100 valence electrons. The normalized spacial score (nSPS) is 22.3. The first-order valence-corrected chi connectivity index (χ1v) is 6.16. The fourth-order valence-corrected chi connectivity index (χ4v) is 2.42. The van der Waals surface area contributed by atoms with Crippen molar-refractivity contribution >= 4 is 5.91 Å². The van der Waals surface area contributed by atoms with Gasteiger partial charge in [0, 0.05) is 13.0 Å². The first-order valence-electron chi connectivity index (χ1n) is 6.16. The lowest BCUT2D eigenvalue weighted by Crippen LogP contribution is -2.28. The highest BCUT2D eigenvalue weighted by atomic mass is 19.4. The van der Waals surface area contributed by atoms with Crippen molar-refractivity contribution < 1.29 is 18.0 Å². The molecule has 0 aliphatic heterocycles. The van der Waals surface area contributed by atoms with Gasteiger partial charge in [-0.25, -0.2) is 0 Å². The van der Waals surface area contributed by atoms with Gasteiger partial charge in [0.25, 0.3) is 0 Å². The molecule has 0 spiro atoms. The minimum absolute atomic E-state index is 0.331. The van der Waals surface area contributed by atoms with Crippen LogP contribution in [0.1, 0.15) is 46.0 Å². The zero-order valence-corrected chi connectivity index (χ0v) is 10.4. The van der Waals surface area contributed by atoms with Crippen LogP contribution < -0.4 is 5.32 Å². The maximum absolute atomic E-state index is 11.9. The quantitative estimate of drug-likeness (QED) is 0.771. The zero-order valence-electron chi connectivity index (χ0n) is 10.4. The van der Waals surface area contributed by atoms with Crippen molar-refractivity contribution in [2.45, 2.75) is 52.1 Å². The number of halogens is 3. The lowest BCUT2D eigenvalue weighted by molar-refractivity contribution is -0.144. The number of hydrogen-bond donors (Lipinski definition) is 1. The Bertz CT molecular complexity index is 271. The Balaban J connectivity index is 2.18. The molecular weight excluding hydrogens is 231 g/mol. The summed E-state index contributed by atoms with van der Waals surface area (Å²) in [4.78, 5) is 11.2. The molecule has 17 heavy (non-hydrogen) atoms. The Kier molecular flexibility index (Phi) is 4.44. The second kappa shape index (κ2) is 5.27. The summed E-state index contributed by atoms with van der Waals surface area (Å²) in [6.45, 7) is 4.77. The van der Waals surface area contributed by atoms with E-state index in [-0.39, 0.29) is 0 Å². The molecule has 1 unspecified atom stereocenters. The molecule has 1 rings (SSSR count). The number of alkyl halides is 3. The van der Waals surface area contributed by atoms with Crippen LogP contribution >= 0.6 is 0 Å². The number of rotatable bonds is 6. The van der Waals surface area contributed by atoms with Crippen LogP contribution in [0.5, 0.6) is 0 Å². The van der Waals surface area contributed by atoms with Gasteiger partial charge >= 0.3 is 6.18 Å². The molecule has 1 atom stereocenters. The van der Waals surface area contributed by atoms with Gasteiger partial charge in [-0.1, -0.05) is 26.7 Å². The van der Waals surface area contributed by atoms with Gasteiger partial charge in [0.1, 0.15) is 0 Å². The highest BCUT2D eigenvalue weighted by molar-refractivity contribution is 5.75. The Morgan fingerprint density at radius 1 is 1.35 bits per heavy atom. The van der Waals surface area contributed by atoms with E-state index in [0.29, 0.717) is 17.9 Å². The molecule has 0 aromatic carbocycles. The highest BCUT2D eigenvalue weighted by Crippen LogP contribution is 2.57. The molecule has 2 nitrogen and oxygen atoms in total. The van der Waals surface area contributed by atoms with Crippen molar-refractivity contribution in [1.29, 1.82) is 0 Å². The predicted molar refractivity (Wildman–Crippen MR) is 59.4 cm³/mol. The Labute approximate surface area is 100.0 Å². The van der Waals surface area contributed by atoms with Crippen LogP contribution in [-0.2, 0) is 4.79 Å². The van der Waals surface area contributed by atoms with Gasteiger partial charge in [0.05, 0.1) is 6.42 Å². The minimum atomic E-state index is -4.24. The Hall–Kier alpha value is -0.740. The van der Waals surface area contributed by atoms with Crippen LogP contribution in [0, 0.1) is 11.3 Å². The molecule has 0 saturated heterocycles. The SMILES string of the molecule is CCC1(CC)CC1CNC(=O)CCC(F)(F)F. The first kappa shape index (κ1) is 14.3. The van der Waals surface area contributed by atoms with Gasteiger partial charge in [0.2, 0.25) is 5.91 Å². The molecular formula is C12H20F3NO. The van der Waals surface area contributed by atoms with Gasteiger partial charge in [-0.2, -0.15) is 13.2 Å². The van der Waals surface area contributed by atoms with E-state index in [2.05, 4.69) is 19.2 Å². The molecule has 1 amide bonds. The topological polar surface area (TPSA) is 29.1 Å². The van der Waals surface area contributed by atoms with Crippen molar-refractivity contribution in [2.75, 3.05) is 6.54 Å². The lowest BCUT2D eigenvalue weighted by atomic mass is 9.97. The monoisotopic (exact) mass is 251 g/mol. The van der Waals surface area contributed by atoms with Crippen molar-refractivity contribution in [2.24, 2.45) is 11.3 Å². The molecule has 0 bridgehead atoms. The molecule has 5 heteroatoms. The summed E-state index contributed by atoms with van der Waals surface area (Å²) in [5.41, 5.74) is 0.331. The maximum Gasteiger partial charge on any atom is 0.389 e. The van der Waals surface area contributed by atoms with Gasteiger partial charge in [0.15, 0.2) is 0 Å². The van der Waals surface area contributed by atoms with Crippen molar-refractivity contribution in [3.63, 3.8) is 0 Å². The van der Waals surface area contributed by atoms with Gasteiger partial charge in [-0.05, 0) is 17.8 Å². The number of hydrogen-bond acceptors (Lipinski definition) is 1. The minimum Gasteiger partial charge on any atom is -0.356 e. The van der Waals surface area contributed by atoms with Crippen LogP contribution in [0.25, 0.3) is 0 Å². The van der Waals surface area contributed by atoms with Crippen LogP contribution in [0.3, 0.4) is 0 Å². The summed E-state index contributed by atoms with van der Waals surface area (Å²) in [7, 11) is 0. The van der Waals surface area contributed by atoms with Crippen LogP contribution in [-0.4, -0.2) is 18.6 Å². The third-order valence-corrected chi connectivity index (χ3v) is 3.95. The summed E-state index contributed by atoms with van der Waals surface area (Å²) in [6, 6.07) is 0. The second-order valence-electron chi connectivity index (χ2n) is 4.89. The number of amides is 1. The standard InChI is InChI=1S/C12H20F3NO/c1-3-11(4-2)7-9(11)8-16-10(17)5-6-12(13,14)15/h9H,3-8H2,1-2H3,(H,16,17). The van der Waals surface area contributed by atoms with Crippen molar-refractivity contribution in [3.8, 4) is 0 Å². The summed E-state index contributed by atoms with van der Waals surface area (Å²) in [5.74, 6) is -0.0392. The first-order chi connectivity index (χ1) is 7.83. The molecule has 0 aromatic heterocycles. The fourth-order valence-electron chi connectivity index (χ4n) is 2.42. The van der Waals surface area contributed by atoms with Gasteiger partial charge in [-0.15, -0.1) is 0 Å². The summed E-state index contributed by atoms with van der Waals surface area (Å²) in [6.07, 6.45) is -2.50. The van der Waals surface area contributed by atoms with E-state index >= 15 is 0 Å². The molecule has 1 aliphatic carbocycles. The van der Waals surface area contributed by atoms with E-state index in [1.165, 1.54) is 0 Å². The van der Waals surface area contributed by atoms with Crippen LogP contribution in [0.15, 0.2) is 0 Å². The molecule has 1 saturated carbocycles. The average molecular weight is 251 g/mol. The van der Waals surface area contributed by atoms with Crippen LogP contribution in [0.2, 0.25) is 0 Å². The van der Waals surface area contributed by atoms with Crippen molar-refractivity contribution in [3.05, 3.63) is 0 Å². The fraction of sp³-hybridized carbons (Fsp3) is 0.917. The van der Waals surface area contributed by atoms with E-state index in [0.717, 1.165) is 19.3 Å². The van der Waals surface area contributed by atoms with Crippen molar-refractivity contribution in [1.82, 2.24) is 5.32 Å². The van der Waals surface area contributed by atoms with E-state index in [1.54, 1.807) is 0 Å². The molecule has 1 N–H and O–H groups in total. The number of carbonyl (C=O) groups excluding carboxylic acids is 1. The molecule has 0 heterocycles. The van der Waals surface area contributed by atoms with E-state index in [9.17, 15) is 18.0 Å². The number of carbonyl (C=O) groups is 1. The molecule has 0 radical (unpaired) electrons. The average Bonchev–Trinajstić information content (AvgIpc) is 2.97. The van der Waals surface area contributed by atoms with Crippen LogP contribution in [0.4, 0.5) is 13.2 Å². The number of nitrogens with one attached hydrogen (secondary N) is 1. The predicted octanol–water partition coefficient (Wildman–Crippen LogP) is 3.27. The Morgan fingerprint density at radius 3 is 2.35 bits per heavy atom. The maximum atomic E-state index is 11.9. The highest BCUT2D eigenvalue weighted by Gasteiger charge is 2.50. The van der Waals surface area contributed by atoms with Gasteiger partial charge in [-0.3, -0.25) is 4.79 Å². The van der Waals surface area contributed by atoms with E-state index in [4.69, 9.17) is 0 Å². The second-order valence-corrected chi connectivity index (χ2v) is 4.89. The summed E-state index contributed by atoms with van der Waals surface area (Å²) < 4.78 is 35.6. The smallest absolute Gasteiger partial charge is 0.356 e. The van der Waals surface area contributed by atoms with E-state index < -0.39 is 24.9 Å². The molecule has 1 aliphatic rings. The molecule has 1 fully saturated rings. The third kappa shape index (κ3) is 4.21. The third-order valence-electron chi connectivity index (χ3n) is 3.95. The zero-order chi connectivity index (χ0) is 13.1. The largest absolute Gasteiger partial charge is 0.389 e. The Morgan fingerprint density at radius 2 is 1.94 bits per heavy atom. The van der Waals surface area contributed by atoms with Gasteiger partial charge < -0.3 is 5.32 Å². The summed E-state index contributed by atoms with van der Waals surface area (Å²) in [5, 5.41) is 2.60.